The van der Waals surface area contributed by atoms with Gasteiger partial charge < -0.3 is 15.2 Å². The molecule has 0 atom stereocenters. The summed E-state index contributed by atoms with van der Waals surface area (Å²) in [5, 5.41) is 12.8. The second-order valence-corrected chi connectivity index (χ2v) is 4.75. The molecule has 0 saturated heterocycles. The van der Waals surface area contributed by atoms with Crippen molar-refractivity contribution in [2.75, 3.05) is 19.8 Å². The highest BCUT2D eigenvalue weighted by Crippen LogP contribution is 2.36. The predicted molar refractivity (Wildman–Crippen MR) is 55.2 cm³/mol. The Morgan fingerprint density at radius 2 is 2.14 bits per heavy atom. The summed E-state index contributed by atoms with van der Waals surface area (Å²) < 4.78 is 5.51. The lowest BCUT2D eigenvalue weighted by molar-refractivity contribution is -0.0693. The average molecular weight is 199 g/mol. The molecule has 3 heteroatoms. The number of rotatable bonds is 6. The number of nitrogens with one attached hydrogen (secondary N) is 1. The van der Waals surface area contributed by atoms with E-state index < -0.39 is 0 Å². The van der Waals surface area contributed by atoms with Gasteiger partial charge in [-0.1, -0.05) is 0 Å². The summed E-state index contributed by atoms with van der Waals surface area (Å²) in [4.78, 5) is 0. The van der Waals surface area contributed by atoms with Gasteiger partial charge in [0.15, 0.2) is 0 Å². The first-order chi connectivity index (χ1) is 6.78. The summed E-state index contributed by atoms with van der Waals surface area (Å²) in [5.74, 6) is 0.879. The Bertz CT molecular complexity index is 186. The molecule has 0 aromatic rings. The van der Waals surface area contributed by atoms with Gasteiger partial charge in [0, 0.05) is 12.1 Å². The second kappa shape index (κ2) is 4.17. The van der Waals surface area contributed by atoms with Crippen LogP contribution in [0.2, 0.25) is 0 Å². The predicted octanol–water partition coefficient (Wildman–Crippen LogP) is 0.916. The van der Waals surface area contributed by atoms with Crippen LogP contribution in [-0.2, 0) is 4.74 Å². The van der Waals surface area contributed by atoms with Crippen molar-refractivity contribution >= 4 is 0 Å². The molecule has 0 radical (unpaired) electrons. The van der Waals surface area contributed by atoms with E-state index in [0.29, 0.717) is 6.10 Å². The molecule has 2 saturated carbocycles. The Kier molecular flexibility index (Phi) is 3.10. The van der Waals surface area contributed by atoms with E-state index in [1.54, 1.807) is 0 Å². The highest BCUT2D eigenvalue weighted by atomic mass is 16.5. The van der Waals surface area contributed by atoms with Crippen LogP contribution >= 0.6 is 0 Å². The smallest absolute Gasteiger partial charge is 0.0615 e. The zero-order valence-electron chi connectivity index (χ0n) is 8.96. The van der Waals surface area contributed by atoms with E-state index in [1.807, 2.05) is 6.92 Å². The van der Waals surface area contributed by atoms with Crippen LogP contribution in [0.25, 0.3) is 0 Å². The maximum Gasteiger partial charge on any atom is 0.0615 e. The lowest BCUT2D eigenvalue weighted by Crippen LogP contribution is -2.61. The van der Waals surface area contributed by atoms with Gasteiger partial charge >= 0.3 is 0 Å². The molecule has 0 bridgehead atoms. The third-order valence-corrected chi connectivity index (χ3v) is 3.40. The second-order valence-electron chi connectivity index (χ2n) is 4.75. The minimum Gasteiger partial charge on any atom is -0.394 e. The van der Waals surface area contributed by atoms with Gasteiger partial charge in [0.2, 0.25) is 0 Å². The van der Waals surface area contributed by atoms with Crippen molar-refractivity contribution in [1.29, 1.82) is 0 Å². The van der Waals surface area contributed by atoms with E-state index in [2.05, 4.69) is 5.32 Å². The van der Waals surface area contributed by atoms with Crippen LogP contribution in [0.1, 0.15) is 32.6 Å². The summed E-state index contributed by atoms with van der Waals surface area (Å²) in [7, 11) is 0. The summed E-state index contributed by atoms with van der Waals surface area (Å²) in [6.45, 7) is 4.15. The number of aliphatic hydroxyl groups excluding tert-OH is 1. The van der Waals surface area contributed by atoms with Crippen LogP contribution < -0.4 is 5.32 Å². The van der Waals surface area contributed by atoms with E-state index in [-0.39, 0.29) is 12.1 Å². The lowest BCUT2D eigenvalue weighted by atomic mass is 9.74. The van der Waals surface area contributed by atoms with Gasteiger partial charge in [0.1, 0.15) is 0 Å². The first-order valence-electron chi connectivity index (χ1n) is 5.75. The van der Waals surface area contributed by atoms with E-state index in [4.69, 9.17) is 4.74 Å². The maximum atomic E-state index is 9.34. The molecule has 0 aliphatic heterocycles. The van der Waals surface area contributed by atoms with E-state index in [1.165, 1.54) is 12.8 Å². The van der Waals surface area contributed by atoms with Gasteiger partial charge in [-0.05, 0) is 45.1 Å². The number of ether oxygens (including phenoxy) is 1. The Balaban J connectivity index is 1.69. The van der Waals surface area contributed by atoms with Crippen molar-refractivity contribution in [1.82, 2.24) is 5.32 Å². The fourth-order valence-corrected chi connectivity index (χ4v) is 2.18. The van der Waals surface area contributed by atoms with Crippen molar-refractivity contribution < 1.29 is 9.84 Å². The van der Waals surface area contributed by atoms with Crippen LogP contribution in [0.15, 0.2) is 0 Å². The largest absolute Gasteiger partial charge is 0.394 e. The van der Waals surface area contributed by atoms with Crippen LogP contribution in [0.3, 0.4) is 0 Å². The Labute approximate surface area is 85.8 Å². The molecular formula is C11H21NO2. The Morgan fingerprint density at radius 1 is 1.43 bits per heavy atom. The van der Waals surface area contributed by atoms with E-state index in [0.717, 1.165) is 31.9 Å². The summed E-state index contributed by atoms with van der Waals surface area (Å²) >= 11 is 0. The summed E-state index contributed by atoms with van der Waals surface area (Å²) in [6, 6.07) is 0. The minimum atomic E-state index is -0.0115. The Hall–Kier alpha value is -0.120. The van der Waals surface area contributed by atoms with Gasteiger partial charge in [-0.3, -0.25) is 0 Å². The molecule has 0 unspecified atom stereocenters. The SMILES string of the molecule is CCOC1CC(CO)(NCC2CC2)C1. The molecular weight excluding hydrogens is 178 g/mol. The molecule has 0 heterocycles. The fraction of sp³-hybridized carbons (Fsp3) is 1.00. The van der Waals surface area contributed by atoms with E-state index in [9.17, 15) is 5.11 Å². The van der Waals surface area contributed by atoms with Gasteiger partial charge in [-0.25, -0.2) is 0 Å². The van der Waals surface area contributed by atoms with Gasteiger partial charge in [-0.2, -0.15) is 0 Å². The molecule has 14 heavy (non-hydrogen) atoms. The molecule has 82 valence electrons. The molecule has 0 amide bonds. The van der Waals surface area contributed by atoms with Crippen molar-refractivity contribution in [3.8, 4) is 0 Å². The number of aliphatic hydroxyl groups is 1. The molecule has 0 aromatic heterocycles. The molecule has 2 aliphatic rings. The van der Waals surface area contributed by atoms with E-state index >= 15 is 0 Å². The molecule has 2 aliphatic carbocycles. The van der Waals surface area contributed by atoms with Crippen LogP contribution in [-0.4, -0.2) is 36.5 Å². The first-order valence-corrected chi connectivity index (χ1v) is 5.75. The third-order valence-electron chi connectivity index (χ3n) is 3.40. The molecule has 2 fully saturated rings. The third kappa shape index (κ3) is 2.27. The quantitative estimate of drug-likeness (QED) is 0.668. The van der Waals surface area contributed by atoms with Gasteiger partial charge in [0.25, 0.3) is 0 Å². The number of hydrogen-bond donors (Lipinski definition) is 2. The first kappa shape index (κ1) is 10.4. The molecule has 0 aromatic carbocycles. The standard InChI is InChI=1S/C11H21NO2/c1-2-14-10-5-11(6-10,8-13)12-7-9-3-4-9/h9-10,12-13H,2-8H2,1H3. The summed E-state index contributed by atoms with van der Waals surface area (Å²) in [6.07, 6.45) is 5.06. The van der Waals surface area contributed by atoms with Gasteiger partial charge in [0.05, 0.1) is 12.7 Å². The maximum absolute atomic E-state index is 9.34. The monoisotopic (exact) mass is 199 g/mol. The molecule has 2 N–H and O–H groups in total. The lowest BCUT2D eigenvalue weighted by Gasteiger charge is -2.47. The zero-order chi connectivity index (χ0) is 10.0. The van der Waals surface area contributed by atoms with Crippen molar-refractivity contribution in [3.63, 3.8) is 0 Å². The highest BCUT2D eigenvalue weighted by Gasteiger charge is 2.44. The normalized spacial score (nSPS) is 36.9. The van der Waals surface area contributed by atoms with Gasteiger partial charge in [-0.15, -0.1) is 0 Å². The minimum absolute atomic E-state index is 0.0115. The molecule has 3 nitrogen and oxygen atoms in total. The van der Waals surface area contributed by atoms with Crippen molar-refractivity contribution in [3.05, 3.63) is 0 Å². The van der Waals surface area contributed by atoms with Crippen LogP contribution in [0.4, 0.5) is 0 Å². The van der Waals surface area contributed by atoms with Crippen molar-refractivity contribution in [2.45, 2.75) is 44.2 Å². The Morgan fingerprint density at radius 3 is 2.64 bits per heavy atom. The fourth-order valence-electron chi connectivity index (χ4n) is 2.18. The van der Waals surface area contributed by atoms with Crippen molar-refractivity contribution in [2.24, 2.45) is 5.92 Å². The van der Waals surface area contributed by atoms with Crippen LogP contribution in [0.5, 0.6) is 0 Å². The highest BCUT2D eigenvalue weighted by molar-refractivity contribution is 5.02. The molecule has 0 spiro atoms. The zero-order valence-corrected chi connectivity index (χ0v) is 8.96. The van der Waals surface area contributed by atoms with Crippen LogP contribution in [0, 0.1) is 5.92 Å². The molecule has 2 rings (SSSR count). The number of hydrogen-bond acceptors (Lipinski definition) is 3. The summed E-state index contributed by atoms with van der Waals surface area (Å²) in [5.41, 5.74) is -0.0115. The average Bonchev–Trinajstić information content (AvgIpc) is 2.92. The topological polar surface area (TPSA) is 41.5 Å².